The largest absolute Gasteiger partial charge is 0.508 e. The molecule has 21 heavy (non-hydrogen) atoms. The number of hydrogen-bond acceptors (Lipinski definition) is 5. The molecule has 1 heterocycles. The summed E-state index contributed by atoms with van der Waals surface area (Å²) in [6.45, 7) is 0. The van der Waals surface area contributed by atoms with E-state index in [1.165, 1.54) is 24.3 Å². The van der Waals surface area contributed by atoms with Crippen molar-refractivity contribution in [1.29, 1.82) is 0 Å². The van der Waals surface area contributed by atoms with Crippen LogP contribution in [0.25, 0.3) is 0 Å². The standard InChI is InChI=1S/C13H10ClN3O4/c14-11-5-4-10(17(20)21)13(15-11)16-12(19)7-8-2-1-3-9(18)6-8/h1-6,18H,7H2,(H,15,16,19). The molecule has 0 spiro atoms. The van der Waals surface area contributed by atoms with Crippen LogP contribution in [0.1, 0.15) is 5.56 Å². The molecule has 0 radical (unpaired) electrons. The molecule has 1 amide bonds. The van der Waals surface area contributed by atoms with Crippen molar-refractivity contribution in [2.75, 3.05) is 5.32 Å². The quantitative estimate of drug-likeness (QED) is 0.513. The van der Waals surface area contributed by atoms with E-state index in [2.05, 4.69) is 10.3 Å². The van der Waals surface area contributed by atoms with Crippen LogP contribution in [0.3, 0.4) is 0 Å². The van der Waals surface area contributed by atoms with Crippen LogP contribution in [0.5, 0.6) is 5.75 Å². The number of aromatic hydroxyl groups is 1. The van der Waals surface area contributed by atoms with Crippen molar-refractivity contribution in [1.82, 2.24) is 4.98 Å². The van der Waals surface area contributed by atoms with E-state index in [1.54, 1.807) is 12.1 Å². The summed E-state index contributed by atoms with van der Waals surface area (Å²) in [4.78, 5) is 25.8. The van der Waals surface area contributed by atoms with Crippen molar-refractivity contribution >= 4 is 29.0 Å². The Morgan fingerprint density at radius 3 is 2.81 bits per heavy atom. The number of aromatic nitrogens is 1. The minimum atomic E-state index is -0.659. The summed E-state index contributed by atoms with van der Waals surface area (Å²) in [6.07, 6.45) is -0.0558. The summed E-state index contributed by atoms with van der Waals surface area (Å²) in [5.74, 6) is -0.678. The van der Waals surface area contributed by atoms with Gasteiger partial charge in [0.2, 0.25) is 11.7 Å². The maximum atomic E-state index is 11.9. The third kappa shape index (κ3) is 3.90. The number of carbonyl (C=O) groups excluding carboxylic acids is 1. The lowest BCUT2D eigenvalue weighted by molar-refractivity contribution is -0.384. The van der Waals surface area contributed by atoms with Gasteiger partial charge in [-0.3, -0.25) is 14.9 Å². The second-order valence-corrected chi connectivity index (χ2v) is 4.54. The first kappa shape index (κ1) is 14.7. The zero-order valence-corrected chi connectivity index (χ0v) is 11.4. The molecule has 0 fully saturated rings. The zero-order valence-electron chi connectivity index (χ0n) is 10.6. The van der Waals surface area contributed by atoms with Crippen molar-refractivity contribution in [3.63, 3.8) is 0 Å². The number of benzene rings is 1. The summed E-state index contributed by atoms with van der Waals surface area (Å²) in [7, 11) is 0. The Bertz CT molecular complexity index is 706. The van der Waals surface area contributed by atoms with Crippen LogP contribution in [-0.4, -0.2) is 20.9 Å². The summed E-state index contributed by atoms with van der Waals surface area (Å²) >= 11 is 5.67. The highest BCUT2D eigenvalue weighted by Gasteiger charge is 2.18. The monoisotopic (exact) mass is 307 g/mol. The molecule has 0 saturated carbocycles. The van der Waals surface area contributed by atoms with Crippen LogP contribution in [0.15, 0.2) is 36.4 Å². The van der Waals surface area contributed by atoms with Gasteiger partial charge >= 0.3 is 5.69 Å². The number of halogens is 1. The molecule has 0 aliphatic heterocycles. The number of phenolic OH excluding ortho intramolecular Hbond substituents is 1. The van der Waals surface area contributed by atoms with Crippen LogP contribution >= 0.6 is 11.6 Å². The average Bonchev–Trinajstić information content (AvgIpc) is 2.38. The van der Waals surface area contributed by atoms with Gasteiger partial charge in [0.15, 0.2) is 0 Å². The highest BCUT2D eigenvalue weighted by atomic mass is 35.5. The van der Waals surface area contributed by atoms with Crippen molar-refractivity contribution in [3.05, 3.63) is 57.2 Å². The molecule has 108 valence electrons. The molecule has 0 aliphatic rings. The zero-order chi connectivity index (χ0) is 15.4. The third-order valence-electron chi connectivity index (χ3n) is 2.57. The van der Waals surface area contributed by atoms with Gasteiger partial charge in [-0.05, 0) is 23.8 Å². The second kappa shape index (κ2) is 6.19. The molecule has 0 bridgehead atoms. The minimum Gasteiger partial charge on any atom is -0.508 e. The van der Waals surface area contributed by atoms with E-state index in [1.807, 2.05) is 0 Å². The summed E-state index contributed by atoms with van der Waals surface area (Å²) in [6, 6.07) is 8.59. The fourth-order valence-corrected chi connectivity index (χ4v) is 1.84. The van der Waals surface area contributed by atoms with E-state index in [0.717, 1.165) is 0 Å². The van der Waals surface area contributed by atoms with Gasteiger partial charge in [-0.2, -0.15) is 0 Å². The Hall–Kier alpha value is -2.67. The first-order valence-electron chi connectivity index (χ1n) is 5.84. The molecule has 1 aromatic carbocycles. The molecule has 7 nitrogen and oxygen atoms in total. The molecule has 0 unspecified atom stereocenters. The van der Waals surface area contributed by atoms with Crippen LogP contribution < -0.4 is 5.32 Å². The van der Waals surface area contributed by atoms with Gasteiger partial charge < -0.3 is 10.4 Å². The SMILES string of the molecule is O=C(Cc1cccc(O)c1)Nc1nc(Cl)ccc1[N+](=O)[O-]. The van der Waals surface area contributed by atoms with Crippen molar-refractivity contribution in [2.24, 2.45) is 0 Å². The van der Waals surface area contributed by atoms with Crippen molar-refractivity contribution in [2.45, 2.75) is 6.42 Å². The molecule has 2 N–H and O–H groups in total. The second-order valence-electron chi connectivity index (χ2n) is 4.15. The third-order valence-corrected chi connectivity index (χ3v) is 2.78. The van der Waals surface area contributed by atoms with Crippen LogP contribution in [0, 0.1) is 10.1 Å². The number of amides is 1. The highest BCUT2D eigenvalue weighted by Crippen LogP contribution is 2.24. The lowest BCUT2D eigenvalue weighted by atomic mass is 10.1. The fourth-order valence-electron chi connectivity index (χ4n) is 1.70. The van der Waals surface area contributed by atoms with Crippen LogP contribution in [0.2, 0.25) is 5.15 Å². The molecule has 0 aliphatic carbocycles. The number of nitrogens with one attached hydrogen (secondary N) is 1. The molecule has 1 aromatic heterocycles. The number of carbonyl (C=O) groups is 1. The van der Waals surface area contributed by atoms with E-state index in [0.29, 0.717) is 5.56 Å². The van der Waals surface area contributed by atoms with Gasteiger partial charge in [0.25, 0.3) is 0 Å². The molecule has 2 rings (SSSR count). The van der Waals surface area contributed by atoms with E-state index in [9.17, 15) is 20.0 Å². The van der Waals surface area contributed by atoms with Gasteiger partial charge in [-0.1, -0.05) is 23.7 Å². The topological polar surface area (TPSA) is 105 Å². The number of nitro groups is 1. The number of rotatable bonds is 4. The van der Waals surface area contributed by atoms with E-state index in [-0.39, 0.29) is 28.8 Å². The Kier molecular flexibility index (Phi) is 4.34. The van der Waals surface area contributed by atoms with E-state index < -0.39 is 10.8 Å². The van der Waals surface area contributed by atoms with Gasteiger partial charge in [0.1, 0.15) is 10.9 Å². The van der Waals surface area contributed by atoms with Gasteiger partial charge in [-0.15, -0.1) is 0 Å². The first-order valence-corrected chi connectivity index (χ1v) is 6.22. The fraction of sp³-hybridized carbons (Fsp3) is 0.0769. The number of phenols is 1. The Balaban J connectivity index is 2.16. The Morgan fingerprint density at radius 2 is 2.14 bits per heavy atom. The first-order chi connectivity index (χ1) is 9.95. The predicted octanol–water partition coefficient (Wildman–Crippen LogP) is 2.53. The molecule has 2 aromatic rings. The average molecular weight is 308 g/mol. The molecular weight excluding hydrogens is 298 g/mol. The Morgan fingerprint density at radius 1 is 1.38 bits per heavy atom. The molecule has 0 saturated heterocycles. The smallest absolute Gasteiger partial charge is 0.311 e. The summed E-state index contributed by atoms with van der Waals surface area (Å²) in [5.41, 5.74) is 0.223. The van der Waals surface area contributed by atoms with E-state index in [4.69, 9.17) is 11.6 Å². The maximum absolute atomic E-state index is 11.9. The number of hydrogen-bond donors (Lipinski definition) is 2. The van der Waals surface area contributed by atoms with E-state index >= 15 is 0 Å². The minimum absolute atomic E-state index is 0.0344. The van der Waals surface area contributed by atoms with Gasteiger partial charge in [0, 0.05) is 6.07 Å². The summed E-state index contributed by atoms with van der Waals surface area (Å²) < 4.78 is 0. The van der Waals surface area contributed by atoms with Gasteiger partial charge in [-0.25, -0.2) is 4.98 Å². The lowest BCUT2D eigenvalue weighted by Crippen LogP contribution is -2.16. The highest BCUT2D eigenvalue weighted by molar-refractivity contribution is 6.29. The number of anilines is 1. The van der Waals surface area contributed by atoms with Crippen molar-refractivity contribution in [3.8, 4) is 5.75 Å². The van der Waals surface area contributed by atoms with Crippen LogP contribution in [0.4, 0.5) is 11.5 Å². The lowest BCUT2D eigenvalue weighted by Gasteiger charge is -2.06. The normalized spacial score (nSPS) is 10.1. The molecule has 0 atom stereocenters. The molecular formula is C13H10ClN3O4. The summed E-state index contributed by atoms with van der Waals surface area (Å²) in [5, 5.41) is 22.6. The number of nitrogens with zero attached hydrogens (tertiary/aromatic N) is 2. The van der Waals surface area contributed by atoms with Crippen LogP contribution in [-0.2, 0) is 11.2 Å². The molecule has 8 heteroatoms. The van der Waals surface area contributed by atoms with Gasteiger partial charge in [0.05, 0.1) is 11.3 Å². The maximum Gasteiger partial charge on any atom is 0.311 e. The number of pyridine rings is 1. The Labute approximate surface area is 124 Å². The predicted molar refractivity (Wildman–Crippen MR) is 76.3 cm³/mol. The van der Waals surface area contributed by atoms with Crippen molar-refractivity contribution < 1.29 is 14.8 Å².